The molecular formula is C58H99NO8. The van der Waals surface area contributed by atoms with E-state index in [4.69, 9.17) is 9.47 Å². The minimum Gasteiger partial charge on any atom is -0.394 e. The van der Waals surface area contributed by atoms with E-state index in [1.54, 1.807) is 6.08 Å². The van der Waals surface area contributed by atoms with Crippen LogP contribution in [0.1, 0.15) is 206 Å². The Labute approximate surface area is 409 Å². The van der Waals surface area contributed by atoms with E-state index in [9.17, 15) is 30.3 Å². The molecule has 0 aromatic heterocycles. The van der Waals surface area contributed by atoms with E-state index in [1.807, 2.05) is 6.08 Å². The second-order valence-electron chi connectivity index (χ2n) is 18.3. The number of nitrogens with one attached hydrogen (secondary N) is 1. The molecule has 0 spiro atoms. The molecule has 0 radical (unpaired) electrons. The lowest BCUT2D eigenvalue weighted by Gasteiger charge is -2.40. The Morgan fingerprint density at radius 3 is 1.43 bits per heavy atom. The van der Waals surface area contributed by atoms with Crippen molar-refractivity contribution in [1.29, 1.82) is 0 Å². The summed E-state index contributed by atoms with van der Waals surface area (Å²) in [4.78, 5) is 13.0. The summed E-state index contributed by atoms with van der Waals surface area (Å²) in [5.41, 5.74) is 0. The van der Waals surface area contributed by atoms with Crippen molar-refractivity contribution >= 4 is 5.91 Å². The third-order valence-electron chi connectivity index (χ3n) is 12.1. The smallest absolute Gasteiger partial charge is 0.220 e. The van der Waals surface area contributed by atoms with Gasteiger partial charge in [0.2, 0.25) is 5.91 Å². The largest absolute Gasteiger partial charge is 0.394 e. The zero-order chi connectivity index (χ0) is 48.7. The second kappa shape index (κ2) is 46.8. The van der Waals surface area contributed by atoms with Gasteiger partial charge in [-0.3, -0.25) is 4.79 Å². The fourth-order valence-corrected chi connectivity index (χ4v) is 7.88. The summed E-state index contributed by atoms with van der Waals surface area (Å²) in [6.45, 7) is 3.62. The molecule has 9 nitrogen and oxygen atoms in total. The average Bonchev–Trinajstić information content (AvgIpc) is 3.33. The lowest BCUT2D eigenvalue weighted by Crippen LogP contribution is -2.60. The molecule has 1 aliphatic heterocycles. The quantitative estimate of drug-likeness (QED) is 0.0261. The summed E-state index contributed by atoms with van der Waals surface area (Å²) >= 11 is 0. The molecule has 1 heterocycles. The summed E-state index contributed by atoms with van der Waals surface area (Å²) in [5.74, 6) is -0.194. The van der Waals surface area contributed by atoms with Gasteiger partial charge in [0.05, 0.1) is 25.4 Å². The first-order chi connectivity index (χ1) is 32.8. The molecule has 0 aliphatic carbocycles. The molecule has 1 saturated heterocycles. The van der Waals surface area contributed by atoms with Gasteiger partial charge in [0.15, 0.2) is 6.29 Å². The van der Waals surface area contributed by atoms with Crippen LogP contribution in [0.4, 0.5) is 0 Å². The molecule has 0 aromatic carbocycles. The molecule has 7 atom stereocenters. The Balaban J connectivity index is 2.21. The Morgan fingerprint density at radius 2 is 0.940 bits per heavy atom. The van der Waals surface area contributed by atoms with Crippen LogP contribution in [0.2, 0.25) is 0 Å². The molecule has 0 bridgehead atoms. The van der Waals surface area contributed by atoms with E-state index < -0.39 is 49.5 Å². The van der Waals surface area contributed by atoms with Crippen LogP contribution in [0, 0.1) is 0 Å². The van der Waals surface area contributed by atoms with E-state index >= 15 is 0 Å². The lowest BCUT2D eigenvalue weighted by molar-refractivity contribution is -0.302. The zero-order valence-corrected chi connectivity index (χ0v) is 42.4. The van der Waals surface area contributed by atoms with Crippen LogP contribution in [0.5, 0.6) is 0 Å². The first-order valence-corrected chi connectivity index (χ1v) is 27.0. The van der Waals surface area contributed by atoms with Gasteiger partial charge in [0.1, 0.15) is 24.4 Å². The monoisotopic (exact) mass is 938 g/mol. The number of hydrogen-bond acceptors (Lipinski definition) is 8. The number of carbonyl (C=O) groups is 1. The van der Waals surface area contributed by atoms with Crippen LogP contribution in [0.3, 0.4) is 0 Å². The standard InChI is InChI=1S/C58H99NO8/c1-3-5-7-9-11-13-15-17-18-19-20-21-22-23-24-25-26-27-28-29-30-31-32-33-34-36-38-40-42-44-46-48-54(62)59-51(50-66-58-57(65)56(64)55(63)53(49-60)67-58)52(61)47-45-43-41-39-37-35-16-14-12-10-8-6-4-2/h5,7,11,13,17-18,20-21,23-24,26-27,37,39,45,47,51-53,55-58,60-61,63-65H,3-4,6,8-10,12,14-16,19,22,25,28-36,38,40-44,46,48-50H2,1-2H3,(H,59,62)/b7-5-,13-11-,18-17-,21-20-,24-23-,27-26-,39-37+,47-45+. The number of amides is 1. The summed E-state index contributed by atoms with van der Waals surface area (Å²) in [6.07, 6.45) is 60.4. The van der Waals surface area contributed by atoms with Crippen molar-refractivity contribution in [3.8, 4) is 0 Å². The molecule has 67 heavy (non-hydrogen) atoms. The molecule has 384 valence electrons. The fraction of sp³-hybridized carbons (Fsp3) is 0.707. The van der Waals surface area contributed by atoms with Crippen molar-refractivity contribution in [3.63, 3.8) is 0 Å². The van der Waals surface area contributed by atoms with Gasteiger partial charge in [-0.25, -0.2) is 0 Å². The number of carbonyl (C=O) groups excluding carboxylic acids is 1. The maximum atomic E-state index is 13.0. The highest BCUT2D eigenvalue weighted by atomic mass is 16.7. The Kier molecular flexibility index (Phi) is 43.4. The summed E-state index contributed by atoms with van der Waals surface area (Å²) in [7, 11) is 0. The van der Waals surface area contributed by atoms with Crippen molar-refractivity contribution in [2.75, 3.05) is 13.2 Å². The van der Waals surface area contributed by atoms with Crippen molar-refractivity contribution in [2.45, 2.75) is 249 Å². The van der Waals surface area contributed by atoms with Gasteiger partial charge in [-0.2, -0.15) is 0 Å². The first-order valence-electron chi connectivity index (χ1n) is 27.0. The molecule has 1 rings (SSSR count). The maximum absolute atomic E-state index is 13.0. The maximum Gasteiger partial charge on any atom is 0.220 e. The number of rotatable bonds is 44. The van der Waals surface area contributed by atoms with Crippen LogP contribution >= 0.6 is 0 Å². The topological polar surface area (TPSA) is 149 Å². The zero-order valence-electron chi connectivity index (χ0n) is 42.4. The third-order valence-corrected chi connectivity index (χ3v) is 12.1. The second-order valence-corrected chi connectivity index (χ2v) is 18.3. The molecule has 1 amide bonds. The minimum absolute atomic E-state index is 0.194. The van der Waals surface area contributed by atoms with Crippen molar-refractivity contribution < 1.29 is 39.8 Å². The first kappa shape index (κ1) is 62.1. The molecule has 0 aromatic rings. The number of unbranched alkanes of at least 4 members (excludes halogenated alkanes) is 20. The molecule has 1 aliphatic rings. The van der Waals surface area contributed by atoms with Gasteiger partial charge in [-0.15, -0.1) is 0 Å². The van der Waals surface area contributed by atoms with Crippen molar-refractivity contribution in [2.24, 2.45) is 0 Å². The predicted molar refractivity (Wildman–Crippen MR) is 281 cm³/mol. The normalized spacial score (nSPS) is 20.5. The summed E-state index contributed by atoms with van der Waals surface area (Å²) < 4.78 is 11.2. The number of hydrogen-bond donors (Lipinski definition) is 6. The minimum atomic E-state index is -1.58. The molecular weight excluding hydrogens is 839 g/mol. The highest BCUT2D eigenvalue weighted by Crippen LogP contribution is 2.22. The molecule has 1 fully saturated rings. The van der Waals surface area contributed by atoms with Crippen LogP contribution in [-0.2, 0) is 14.3 Å². The third kappa shape index (κ3) is 36.7. The Bertz CT molecular complexity index is 1370. The molecule has 7 unspecified atom stereocenters. The average molecular weight is 938 g/mol. The fourth-order valence-electron chi connectivity index (χ4n) is 7.88. The summed E-state index contributed by atoms with van der Waals surface area (Å²) in [6, 6.07) is -0.827. The van der Waals surface area contributed by atoms with Gasteiger partial charge in [-0.1, -0.05) is 214 Å². The van der Waals surface area contributed by atoms with Gasteiger partial charge in [0, 0.05) is 6.42 Å². The van der Waals surface area contributed by atoms with E-state index in [0.29, 0.717) is 6.42 Å². The molecule has 6 N–H and O–H groups in total. The van der Waals surface area contributed by atoms with E-state index in [0.717, 1.165) is 77.0 Å². The van der Waals surface area contributed by atoms with E-state index in [1.165, 1.54) is 109 Å². The molecule has 9 heteroatoms. The van der Waals surface area contributed by atoms with Crippen LogP contribution < -0.4 is 5.32 Å². The number of ether oxygens (including phenoxy) is 2. The number of aliphatic hydroxyl groups is 5. The van der Waals surface area contributed by atoms with Crippen LogP contribution in [0.15, 0.2) is 97.2 Å². The van der Waals surface area contributed by atoms with Crippen LogP contribution in [0.25, 0.3) is 0 Å². The van der Waals surface area contributed by atoms with Gasteiger partial charge < -0.3 is 40.3 Å². The Hall–Kier alpha value is -2.89. The number of aliphatic hydroxyl groups excluding tert-OH is 5. The highest BCUT2D eigenvalue weighted by molar-refractivity contribution is 5.76. The van der Waals surface area contributed by atoms with Crippen molar-refractivity contribution in [1.82, 2.24) is 5.32 Å². The predicted octanol–water partition coefficient (Wildman–Crippen LogP) is 12.8. The van der Waals surface area contributed by atoms with Gasteiger partial charge in [-0.05, 0) is 83.5 Å². The lowest BCUT2D eigenvalue weighted by atomic mass is 9.99. The SMILES string of the molecule is CC/C=C\C/C=C\C/C=C\C/C=C\C/C=C\C/C=C\CCCCCCCCCCCCCCC(=O)NC(COC1OC(CO)C(O)C(O)C1O)C(O)/C=C/CC/C=C/CCCCCCCCC. The van der Waals surface area contributed by atoms with Crippen molar-refractivity contribution in [3.05, 3.63) is 97.2 Å². The van der Waals surface area contributed by atoms with Crippen LogP contribution in [-0.4, -0.2) is 87.5 Å². The van der Waals surface area contributed by atoms with E-state index in [-0.39, 0.29) is 12.5 Å². The van der Waals surface area contributed by atoms with Gasteiger partial charge in [0.25, 0.3) is 0 Å². The van der Waals surface area contributed by atoms with E-state index in [2.05, 4.69) is 104 Å². The van der Waals surface area contributed by atoms with Gasteiger partial charge >= 0.3 is 0 Å². The number of allylic oxidation sites excluding steroid dienone is 15. The Morgan fingerprint density at radius 1 is 0.522 bits per heavy atom. The summed E-state index contributed by atoms with van der Waals surface area (Å²) in [5, 5.41) is 54.3. The highest BCUT2D eigenvalue weighted by Gasteiger charge is 2.44. The molecule has 0 saturated carbocycles.